The number of aliphatic imine (C=N–C) groups is 2. The summed E-state index contributed by atoms with van der Waals surface area (Å²) < 4.78 is 10.8. The highest BCUT2D eigenvalue weighted by Crippen LogP contribution is 2.28. The minimum atomic E-state index is -0.844. The van der Waals surface area contributed by atoms with Gasteiger partial charge in [-0.2, -0.15) is 5.10 Å². The number of hydrogen-bond acceptors (Lipinski definition) is 8. The van der Waals surface area contributed by atoms with Crippen molar-refractivity contribution >= 4 is 17.9 Å². The number of epoxide rings is 1. The van der Waals surface area contributed by atoms with Crippen LogP contribution in [0, 0.1) is 0 Å². The van der Waals surface area contributed by atoms with Crippen LogP contribution >= 0.6 is 0 Å². The molecule has 2 saturated heterocycles. The fraction of sp³-hybridized carbons (Fsp3) is 0.414. The summed E-state index contributed by atoms with van der Waals surface area (Å²) in [5.74, 6) is 1.36. The third kappa shape index (κ3) is 6.60. The normalized spacial score (nSPS) is 23.5. The van der Waals surface area contributed by atoms with E-state index in [-0.39, 0.29) is 12.7 Å². The smallest absolute Gasteiger partial charge is 0.159 e. The van der Waals surface area contributed by atoms with E-state index in [1.165, 1.54) is 6.34 Å². The van der Waals surface area contributed by atoms with Gasteiger partial charge in [-0.15, -0.1) is 0 Å². The van der Waals surface area contributed by atoms with Gasteiger partial charge in [0.05, 0.1) is 32.5 Å². The number of piperidine rings is 1. The van der Waals surface area contributed by atoms with Gasteiger partial charge in [-0.05, 0) is 31.0 Å². The number of methoxy groups -OCH3 is 1. The molecule has 10 heteroatoms. The van der Waals surface area contributed by atoms with Crippen molar-refractivity contribution in [1.82, 2.24) is 15.2 Å². The highest BCUT2D eigenvalue weighted by atomic mass is 16.6. The predicted molar refractivity (Wildman–Crippen MR) is 153 cm³/mol. The van der Waals surface area contributed by atoms with Gasteiger partial charge in [-0.3, -0.25) is 15.2 Å². The molecule has 0 aliphatic carbocycles. The summed E-state index contributed by atoms with van der Waals surface area (Å²) in [6.07, 6.45) is 3.14. The molecule has 3 heterocycles. The number of benzene rings is 2. The average molecular weight is 532 g/mol. The zero-order chi connectivity index (χ0) is 27.2. The van der Waals surface area contributed by atoms with E-state index < -0.39 is 6.23 Å². The summed E-state index contributed by atoms with van der Waals surface area (Å²) in [6, 6.07) is 15.7. The van der Waals surface area contributed by atoms with E-state index in [4.69, 9.17) is 20.3 Å². The second-order valence-electron chi connectivity index (χ2n) is 9.94. The standard InChI is InChI=1S/C29H37N7O3/c1-20-27(22-11-9-21(10-12-22)14-32-29(37)25-7-3-4-8-26(25)38-2)34-36(28(20)33-19-31-18-30)23-6-5-13-35(15-23)16-24-17-39-24/h3-4,7-12,19,23-24,29,32,37H,1,5-6,13-18,30H2,2H3/t23-,24-,29?/m1/s1. The number of para-hydroxylation sites is 1. The van der Waals surface area contributed by atoms with Crippen LogP contribution in [0.2, 0.25) is 0 Å². The zero-order valence-corrected chi connectivity index (χ0v) is 22.4. The third-order valence-electron chi connectivity index (χ3n) is 7.20. The predicted octanol–water partition coefficient (Wildman–Crippen LogP) is 2.26. The molecule has 39 heavy (non-hydrogen) atoms. The van der Waals surface area contributed by atoms with Crippen LogP contribution in [0.15, 0.2) is 75.8 Å². The summed E-state index contributed by atoms with van der Waals surface area (Å²) in [7, 11) is 1.60. The van der Waals surface area contributed by atoms with Gasteiger partial charge in [0.15, 0.2) is 5.84 Å². The molecular formula is C29H37N7O3. The molecule has 1 unspecified atom stereocenters. The molecule has 0 saturated carbocycles. The Kier molecular flexibility index (Phi) is 8.80. The van der Waals surface area contributed by atoms with Crippen molar-refractivity contribution in [1.29, 1.82) is 0 Å². The summed E-state index contributed by atoms with van der Waals surface area (Å²) >= 11 is 0. The highest BCUT2D eigenvalue weighted by molar-refractivity contribution is 6.32. The van der Waals surface area contributed by atoms with E-state index in [0.717, 1.165) is 61.5 Å². The lowest BCUT2D eigenvalue weighted by atomic mass is 10.0. The number of nitrogens with one attached hydrogen (secondary N) is 1. The zero-order valence-electron chi connectivity index (χ0n) is 22.4. The molecule has 3 atom stereocenters. The second kappa shape index (κ2) is 12.6. The van der Waals surface area contributed by atoms with E-state index >= 15 is 0 Å². The lowest BCUT2D eigenvalue weighted by molar-refractivity contribution is 0.133. The van der Waals surface area contributed by atoms with Gasteiger partial charge in [0.2, 0.25) is 0 Å². The van der Waals surface area contributed by atoms with Gasteiger partial charge < -0.3 is 20.3 Å². The number of nitrogens with two attached hydrogens (primary N) is 1. The van der Waals surface area contributed by atoms with Gasteiger partial charge in [-0.1, -0.05) is 49.0 Å². The molecule has 0 bridgehead atoms. The Hall–Kier alpha value is -3.41. The average Bonchev–Trinajstić information content (AvgIpc) is 3.73. The van der Waals surface area contributed by atoms with Crippen molar-refractivity contribution in [3.05, 3.63) is 77.4 Å². The summed E-state index contributed by atoms with van der Waals surface area (Å²) in [4.78, 5) is 11.1. The fourth-order valence-electron chi connectivity index (χ4n) is 5.08. The molecule has 0 spiro atoms. The SMILES string of the molecule is C=C1C(c2ccc(CNC(O)c3ccccc3OC)cc2)=NN([C@@H]2CCCN(C[C@@H]3CO3)C2)C1=NC=NCN. The highest BCUT2D eigenvalue weighted by Gasteiger charge is 2.36. The molecule has 4 N–H and O–H groups in total. The van der Waals surface area contributed by atoms with Crippen LogP contribution in [0.3, 0.4) is 0 Å². The first-order chi connectivity index (χ1) is 19.1. The van der Waals surface area contributed by atoms with Crippen molar-refractivity contribution < 1.29 is 14.6 Å². The quantitative estimate of drug-likeness (QED) is 0.176. The van der Waals surface area contributed by atoms with Crippen LogP contribution in [-0.2, 0) is 11.3 Å². The molecule has 0 radical (unpaired) electrons. The van der Waals surface area contributed by atoms with Crippen LogP contribution in [0.1, 0.15) is 35.8 Å². The molecule has 0 amide bonds. The molecule has 206 valence electrons. The maximum Gasteiger partial charge on any atom is 0.159 e. The van der Waals surface area contributed by atoms with Crippen LogP contribution in [-0.4, -0.2) is 85.1 Å². The summed E-state index contributed by atoms with van der Waals surface area (Å²) in [5, 5.41) is 20.8. The van der Waals surface area contributed by atoms with Crippen LogP contribution in [0.4, 0.5) is 0 Å². The number of rotatable bonds is 11. The van der Waals surface area contributed by atoms with Gasteiger partial charge in [0.1, 0.15) is 24.0 Å². The van der Waals surface area contributed by atoms with Crippen LogP contribution < -0.4 is 15.8 Å². The van der Waals surface area contributed by atoms with Crippen molar-refractivity contribution in [2.24, 2.45) is 20.8 Å². The Morgan fingerprint density at radius 3 is 2.82 bits per heavy atom. The van der Waals surface area contributed by atoms with Crippen molar-refractivity contribution in [3.8, 4) is 5.75 Å². The summed E-state index contributed by atoms with van der Waals surface area (Å²) in [6.45, 7) is 8.80. The number of hydrogen-bond donors (Lipinski definition) is 3. The molecule has 2 fully saturated rings. The fourth-order valence-corrected chi connectivity index (χ4v) is 5.08. The first-order valence-electron chi connectivity index (χ1n) is 13.4. The topological polar surface area (TPSA) is 124 Å². The minimum absolute atomic E-state index is 0.177. The van der Waals surface area contributed by atoms with Gasteiger partial charge in [-0.25, -0.2) is 10.0 Å². The van der Waals surface area contributed by atoms with Crippen molar-refractivity contribution in [3.63, 3.8) is 0 Å². The number of hydrazone groups is 1. The van der Waals surface area contributed by atoms with E-state index in [2.05, 4.69) is 26.8 Å². The van der Waals surface area contributed by atoms with E-state index in [1.54, 1.807) is 7.11 Å². The molecule has 3 aliphatic heterocycles. The van der Waals surface area contributed by atoms with Crippen molar-refractivity contribution in [2.45, 2.75) is 37.8 Å². The maximum absolute atomic E-state index is 10.6. The van der Waals surface area contributed by atoms with Gasteiger partial charge in [0, 0.05) is 36.3 Å². The molecule has 2 aromatic rings. The number of likely N-dealkylation sites (tertiary alicyclic amines) is 1. The first-order valence-corrected chi connectivity index (χ1v) is 13.4. The third-order valence-corrected chi connectivity index (χ3v) is 7.20. The van der Waals surface area contributed by atoms with E-state index in [0.29, 0.717) is 29.8 Å². The number of nitrogens with zero attached hydrogens (tertiary/aromatic N) is 5. The monoisotopic (exact) mass is 531 g/mol. The van der Waals surface area contributed by atoms with Crippen LogP contribution in [0.5, 0.6) is 5.75 Å². The van der Waals surface area contributed by atoms with E-state index in [9.17, 15) is 5.11 Å². The Labute approximate surface area is 229 Å². The largest absolute Gasteiger partial charge is 0.496 e. The van der Waals surface area contributed by atoms with Crippen LogP contribution in [0.25, 0.3) is 0 Å². The molecule has 0 aromatic heterocycles. The number of ether oxygens (including phenoxy) is 2. The second-order valence-corrected chi connectivity index (χ2v) is 9.94. The number of aliphatic hydroxyl groups excluding tert-OH is 1. The maximum atomic E-state index is 10.6. The number of aliphatic hydroxyl groups is 1. The molecular weight excluding hydrogens is 494 g/mol. The van der Waals surface area contributed by atoms with Gasteiger partial charge in [0.25, 0.3) is 0 Å². The molecule has 2 aromatic carbocycles. The number of amidine groups is 1. The minimum Gasteiger partial charge on any atom is -0.496 e. The summed E-state index contributed by atoms with van der Waals surface area (Å²) in [5.41, 5.74) is 9.79. The molecule has 10 nitrogen and oxygen atoms in total. The lowest BCUT2D eigenvalue weighted by Crippen LogP contribution is -2.48. The lowest BCUT2D eigenvalue weighted by Gasteiger charge is -2.36. The first kappa shape index (κ1) is 27.2. The van der Waals surface area contributed by atoms with E-state index in [1.807, 2.05) is 53.5 Å². The van der Waals surface area contributed by atoms with Gasteiger partial charge >= 0.3 is 0 Å². The Balaban J connectivity index is 1.29. The van der Waals surface area contributed by atoms with Crippen molar-refractivity contribution in [2.75, 3.05) is 40.0 Å². The Bertz CT molecular complexity index is 1240. The molecule has 5 rings (SSSR count). The Morgan fingerprint density at radius 2 is 2.08 bits per heavy atom. The Morgan fingerprint density at radius 1 is 1.28 bits per heavy atom. The molecule has 3 aliphatic rings.